The number of anilines is 1. The van der Waals surface area contributed by atoms with Gasteiger partial charge in [-0.1, -0.05) is 11.6 Å². The number of nitrogen functional groups attached to an aromatic ring is 1. The predicted molar refractivity (Wildman–Crippen MR) is 61.5 cm³/mol. The molecule has 4 N–H and O–H groups in total. The molecule has 17 heavy (non-hydrogen) atoms. The molecule has 1 aromatic heterocycles. The van der Waals surface area contributed by atoms with Crippen LogP contribution in [0.1, 0.15) is 10.5 Å². The minimum atomic E-state index is -0.657. The number of hydrogen-bond donors (Lipinski definition) is 2. The number of hydrogen-bond acceptors (Lipinski definition) is 3. The number of aromatic nitrogens is 2. The Bertz CT molecular complexity index is 596. The summed E-state index contributed by atoms with van der Waals surface area (Å²) in [7, 11) is 0. The van der Waals surface area contributed by atoms with Gasteiger partial charge in [0.05, 0.1) is 16.4 Å². The van der Waals surface area contributed by atoms with E-state index >= 15 is 0 Å². The van der Waals surface area contributed by atoms with E-state index in [0.29, 0.717) is 5.69 Å². The number of rotatable bonds is 2. The SMILES string of the molecule is NC(=O)c1ccn(-c2cc(Cl)c(F)cc2N)n1. The zero-order chi connectivity index (χ0) is 12.6. The fraction of sp³-hybridized carbons (Fsp3) is 0. The van der Waals surface area contributed by atoms with Gasteiger partial charge < -0.3 is 11.5 Å². The highest BCUT2D eigenvalue weighted by molar-refractivity contribution is 6.31. The molecule has 5 nitrogen and oxygen atoms in total. The molecular weight excluding hydrogens is 247 g/mol. The van der Waals surface area contributed by atoms with Gasteiger partial charge in [-0.25, -0.2) is 9.07 Å². The molecule has 88 valence electrons. The van der Waals surface area contributed by atoms with Crippen molar-refractivity contribution in [2.45, 2.75) is 0 Å². The van der Waals surface area contributed by atoms with Crippen molar-refractivity contribution in [3.05, 3.63) is 40.9 Å². The van der Waals surface area contributed by atoms with Crippen LogP contribution in [-0.4, -0.2) is 15.7 Å². The maximum atomic E-state index is 13.1. The van der Waals surface area contributed by atoms with Crippen LogP contribution < -0.4 is 11.5 Å². The van der Waals surface area contributed by atoms with E-state index in [2.05, 4.69) is 5.10 Å². The zero-order valence-corrected chi connectivity index (χ0v) is 9.28. The van der Waals surface area contributed by atoms with Gasteiger partial charge >= 0.3 is 0 Å². The quantitative estimate of drug-likeness (QED) is 0.793. The second kappa shape index (κ2) is 4.06. The third kappa shape index (κ3) is 2.07. The molecule has 1 amide bonds. The van der Waals surface area contributed by atoms with Crippen LogP contribution in [0.15, 0.2) is 24.4 Å². The first-order valence-electron chi connectivity index (χ1n) is 4.59. The van der Waals surface area contributed by atoms with Crippen LogP contribution in [0, 0.1) is 5.82 Å². The van der Waals surface area contributed by atoms with Gasteiger partial charge in [-0.05, 0) is 12.1 Å². The summed E-state index contributed by atoms with van der Waals surface area (Å²) >= 11 is 5.64. The van der Waals surface area contributed by atoms with Crippen molar-refractivity contribution >= 4 is 23.2 Å². The van der Waals surface area contributed by atoms with Crippen molar-refractivity contribution in [2.24, 2.45) is 5.73 Å². The summed E-state index contributed by atoms with van der Waals surface area (Å²) < 4.78 is 14.4. The maximum absolute atomic E-state index is 13.1. The molecule has 1 heterocycles. The number of benzene rings is 1. The van der Waals surface area contributed by atoms with Gasteiger partial charge in [-0.2, -0.15) is 5.10 Å². The van der Waals surface area contributed by atoms with Gasteiger partial charge in [-0.3, -0.25) is 4.79 Å². The van der Waals surface area contributed by atoms with E-state index in [-0.39, 0.29) is 16.4 Å². The number of primary amides is 1. The lowest BCUT2D eigenvalue weighted by Gasteiger charge is -2.06. The largest absolute Gasteiger partial charge is 0.397 e. The van der Waals surface area contributed by atoms with Crippen molar-refractivity contribution in [3.63, 3.8) is 0 Å². The highest BCUT2D eigenvalue weighted by Gasteiger charge is 2.11. The third-order valence-electron chi connectivity index (χ3n) is 2.16. The molecule has 0 saturated carbocycles. The third-order valence-corrected chi connectivity index (χ3v) is 2.45. The van der Waals surface area contributed by atoms with Crippen molar-refractivity contribution in [1.29, 1.82) is 0 Å². The fourth-order valence-corrected chi connectivity index (χ4v) is 1.50. The van der Waals surface area contributed by atoms with Gasteiger partial charge in [0.25, 0.3) is 5.91 Å². The Morgan fingerprint density at radius 3 is 2.76 bits per heavy atom. The molecule has 1 aromatic carbocycles. The lowest BCUT2D eigenvalue weighted by Crippen LogP contribution is -2.12. The summed E-state index contributed by atoms with van der Waals surface area (Å²) in [6.07, 6.45) is 1.49. The van der Waals surface area contributed by atoms with Crippen molar-refractivity contribution in [1.82, 2.24) is 9.78 Å². The van der Waals surface area contributed by atoms with E-state index in [1.807, 2.05) is 0 Å². The number of carbonyl (C=O) groups excluding carboxylic acids is 1. The van der Waals surface area contributed by atoms with Crippen LogP contribution in [0.25, 0.3) is 5.69 Å². The van der Waals surface area contributed by atoms with Crippen molar-refractivity contribution < 1.29 is 9.18 Å². The highest BCUT2D eigenvalue weighted by atomic mass is 35.5. The zero-order valence-electron chi connectivity index (χ0n) is 8.52. The predicted octanol–water partition coefficient (Wildman–Crippen LogP) is 1.35. The smallest absolute Gasteiger partial charge is 0.269 e. The average molecular weight is 255 g/mol. The Labute approximate surface area is 101 Å². The van der Waals surface area contributed by atoms with E-state index in [0.717, 1.165) is 6.07 Å². The van der Waals surface area contributed by atoms with E-state index in [9.17, 15) is 9.18 Å². The Balaban J connectivity index is 2.52. The summed E-state index contributed by atoms with van der Waals surface area (Å²) in [5.74, 6) is -1.27. The van der Waals surface area contributed by atoms with E-state index in [1.165, 1.54) is 23.0 Å². The summed E-state index contributed by atoms with van der Waals surface area (Å²) in [5, 5.41) is 3.81. The first kappa shape index (κ1) is 11.4. The lowest BCUT2D eigenvalue weighted by atomic mass is 10.2. The molecule has 0 radical (unpaired) electrons. The Kier molecular flexibility index (Phi) is 2.72. The van der Waals surface area contributed by atoms with Gasteiger partial charge in [-0.15, -0.1) is 0 Å². The average Bonchev–Trinajstić information content (AvgIpc) is 2.72. The van der Waals surface area contributed by atoms with Gasteiger partial charge in [0.15, 0.2) is 0 Å². The molecule has 0 fully saturated rings. The molecule has 2 aromatic rings. The normalized spacial score (nSPS) is 10.5. The van der Waals surface area contributed by atoms with E-state index in [4.69, 9.17) is 23.1 Å². The number of nitrogens with two attached hydrogens (primary N) is 2. The van der Waals surface area contributed by atoms with Crippen LogP contribution >= 0.6 is 11.6 Å². The number of nitrogens with zero attached hydrogens (tertiary/aromatic N) is 2. The lowest BCUT2D eigenvalue weighted by molar-refractivity contribution is 0.0995. The molecule has 0 spiro atoms. The number of halogens is 2. The molecule has 0 saturated heterocycles. The monoisotopic (exact) mass is 254 g/mol. The number of amides is 1. The standard InChI is InChI=1S/C10H8ClFN4O/c11-5-3-9(7(13)4-6(5)12)16-2-1-8(15-16)10(14)17/h1-4H,13H2,(H2,14,17). The van der Waals surface area contributed by atoms with Crippen molar-refractivity contribution in [2.75, 3.05) is 5.73 Å². The second-order valence-corrected chi connectivity index (χ2v) is 3.74. The molecule has 0 aliphatic carbocycles. The fourth-order valence-electron chi connectivity index (χ4n) is 1.34. The number of carbonyl (C=O) groups is 1. The van der Waals surface area contributed by atoms with Gasteiger partial charge in [0.2, 0.25) is 0 Å². The maximum Gasteiger partial charge on any atom is 0.269 e. The molecule has 0 unspecified atom stereocenters. The summed E-state index contributed by atoms with van der Waals surface area (Å²) in [4.78, 5) is 10.9. The molecule has 0 bridgehead atoms. The highest BCUT2D eigenvalue weighted by Crippen LogP contribution is 2.24. The van der Waals surface area contributed by atoms with Crippen molar-refractivity contribution in [3.8, 4) is 5.69 Å². The molecule has 0 aliphatic rings. The van der Waals surface area contributed by atoms with Crippen LogP contribution in [0.5, 0.6) is 0 Å². The molecule has 2 rings (SSSR count). The van der Waals surface area contributed by atoms with E-state index < -0.39 is 11.7 Å². The summed E-state index contributed by atoms with van der Waals surface area (Å²) in [6.45, 7) is 0. The van der Waals surface area contributed by atoms with Crippen LogP contribution in [0.2, 0.25) is 5.02 Å². The first-order chi connectivity index (χ1) is 7.99. The van der Waals surface area contributed by atoms with Gasteiger partial charge in [0, 0.05) is 12.3 Å². The first-order valence-corrected chi connectivity index (χ1v) is 4.97. The Morgan fingerprint density at radius 1 is 1.47 bits per heavy atom. The molecule has 0 aliphatic heterocycles. The van der Waals surface area contributed by atoms with Crippen LogP contribution in [0.3, 0.4) is 0 Å². The second-order valence-electron chi connectivity index (χ2n) is 3.33. The van der Waals surface area contributed by atoms with Gasteiger partial charge in [0.1, 0.15) is 11.5 Å². The minimum Gasteiger partial charge on any atom is -0.397 e. The summed E-state index contributed by atoms with van der Waals surface area (Å²) in [5.41, 5.74) is 11.3. The topological polar surface area (TPSA) is 86.9 Å². The molecule has 0 atom stereocenters. The molecule has 7 heteroatoms. The van der Waals surface area contributed by atoms with E-state index in [1.54, 1.807) is 0 Å². The van der Waals surface area contributed by atoms with Crippen LogP contribution in [0.4, 0.5) is 10.1 Å². The minimum absolute atomic E-state index is 0.0784. The summed E-state index contributed by atoms with van der Waals surface area (Å²) in [6, 6.07) is 3.84. The Morgan fingerprint density at radius 2 is 2.18 bits per heavy atom. The molecular formula is C10H8ClFN4O. The van der Waals surface area contributed by atoms with Crippen LogP contribution in [-0.2, 0) is 0 Å². The Hall–Kier alpha value is -2.08.